The predicted molar refractivity (Wildman–Crippen MR) is 135 cm³/mol. The number of hydrogen-bond donors (Lipinski definition) is 0. The second-order valence-corrected chi connectivity index (χ2v) is 10.8. The summed E-state index contributed by atoms with van der Waals surface area (Å²) in [5.41, 5.74) is 11.0. The molecule has 1 aliphatic carbocycles. The standard InChI is InChI=1S/C13H9.C12H11Si.CH3NO.2ClH.Ti/c1-3-7-12-10(5-1)9-11-6-2-4-8-13(11)12;1-3-7-11(8-4-1)13-12-9-5-2-6-10-12;2-1-3;;;/h1-5,7-8H,9H2;1-10,13H;1H,(H2,2,3);2*1H;/q-1;;;;;+2/p-3. The van der Waals surface area contributed by atoms with Crippen molar-refractivity contribution >= 4 is 44.9 Å². The zero-order valence-electron chi connectivity index (χ0n) is 17.3. The van der Waals surface area contributed by atoms with Gasteiger partial charge in [0.25, 0.3) is 0 Å². The van der Waals surface area contributed by atoms with Crippen LogP contribution in [0.4, 0.5) is 0 Å². The number of benzene rings is 4. The number of amides is 1. The van der Waals surface area contributed by atoms with Crippen LogP contribution in [-0.2, 0) is 28.2 Å². The minimum atomic E-state index is -0.556. The second kappa shape index (κ2) is 15.6. The molecule has 6 heteroatoms. The molecule has 5 rings (SSSR count). The summed E-state index contributed by atoms with van der Waals surface area (Å²) in [6.45, 7) is 0. The molecule has 0 saturated heterocycles. The predicted octanol–water partition coefficient (Wildman–Crippen LogP) is 5.70. The largest absolute Gasteiger partial charge is 0.671 e. The summed E-state index contributed by atoms with van der Waals surface area (Å²) in [7, 11) is 10.0. The van der Waals surface area contributed by atoms with E-state index in [1.54, 1.807) is 0 Å². The molecule has 0 atom stereocenters. The van der Waals surface area contributed by atoms with Crippen LogP contribution in [0.3, 0.4) is 0 Å². The van der Waals surface area contributed by atoms with Crippen molar-refractivity contribution in [2.45, 2.75) is 6.42 Å². The Morgan fingerprint density at radius 1 is 0.781 bits per heavy atom. The summed E-state index contributed by atoms with van der Waals surface area (Å²) >= 11 is -0.556. The van der Waals surface area contributed by atoms with Crippen LogP contribution in [0.2, 0.25) is 0 Å². The first-order chi connectivity index (χ1) is 15.7. The van der Waals surface area contributed by atoms with E-state index in [0.29, 0.717) is 0 Å². The van der Waals surface area contributed by atoms with Gasteiger partial charge in [0.15, 0.2) is 0 Å². The Morgan fingerprint density at radius 2 is 1.25 bits per heavy atom. The third-order valence-corrected chi connectivity index (χ3v) is 5.99. The summed E-state index contributed by atoms with van der Waals surface area (Å²) in [6, 6.07) is 39.4. The Bertz CT molecular complexity index is 984. The van der Waals surface area contributed by atoms with Gasteiger partial charge in [-0.05, 0) is 6.42 Å². The summed E-state index contributed by atoms with van der Waals surface area (Å²) in [6.07, 6.45) is 1.05. The van der Waals surface area contributed by atoms with Gasteiger partial charge in [0.2, 0.25) is 0 Å². The Balaban J connectivity index is 0.000000183. The van der Waals surface area contributed by atoms with Crippen LogP contribution >= 0.6 is 18.6 Å². The van der Waals surface area contributed by atoms with Crippen LogP contribution < -0.4 is 10.4 Å². The Labute approximate surface area is 209 Å². The number of carbonyl (C=O) groups is 1. The van der Waals surface area contributed by atoms with Crippen LogP contribution in [0.25, 0.3) is 16.9 Å². The van der Waals surface area contributed by atoms with Gasteiger partial charge in [0.05, 0.1) is 0 Å². The fourth-order valence-electron chi connectivity index (χ4n) is 3.29. The molecular weight excluding hydrogens is 489 g/mol. The van der Waals surface area contributed by atoms with Gasteiger partial charge in [-0.2, -0.15) is 29.8 Å². The van der Waals surface area contributed by atoms with E-state index >= 15 is 0 Å². The van der Waals surface area contributed by atoms with Crippen molar-refractivity contribution in [2.24, 2.45) is 0 Å². The fourth-order valence-corrected chi connectivity index (χ4v) is 4.50. The van der Waals surface area contributed by atoms with Gasteiger partial charge in [0, 0.05) is 6.41 Å². The van der Waals surface area contributed by atoms with Crippen molar-refractivity contribution in [2.75, 3.05) is 0 Å². The SMILES string of the molecule is [Cl][Ti][Cl].[NH-]C=O.[c-]1cccc2c1Cc1ccccc1-2.c1ccc([SiH]c2ccccc2)cc1. The maximum Gasteiger partial charge on any atom is 0.103 e. The summed E-state index contributed by atoms with van der Waals surface area (Å²) < 4.78 is 0. The average molecular weight is 511 g/mol. The number of fused-ring (bicyclic) bond motifs is 3. The molecule has 161 valence electrons. The molecule has 1 radical (unpaired) electrons. The van der Waals surface area contributed by atoms with Crippen LogP contribution in [0.5, 0.6) is 0 Å². The molecule has 0 bridgehead atoms. The van der Waals surface area contributed by atoms with Crippen molar-refractivity contribution in [1.29, 1.82) is 0 Å². The molecule has 0 fully saturated rings. The monoisotopic (exact) mass is 510 g/mol. The van der Waals surface area contributed by atoms with E-state index in [-0.39, 0.29) is 15.9 Å². The Morgan fingerprint density at radius 3 is 1.81 bits per heavy atom. The maximum atomic E-state index is 8.47. The normalized spacial score (nSPS) is 9.81. The van der Waals surface area contributed by atoms with Crippen molar-refractivity contribution in [3.05, 3.63) is 126 Å². The molecular formula is C26H22Cl2NOSiTi-2. The number of halogens is 2. The molecule has 0 aliphatic heterocycles. The van der Waals surface area contributed by atoms with Crippen molar-refractivity contribution < 1.29 is 21.8 Å². The van der Waals surface area contributed by atoms with E-state index in [1.165, 1.54) is 32.6 Å². The molecule has 2 nitrogen and oxygen atoms in total. The molecule has 0 unspecified atom stereocenters. The fraction of sp³-hybridized carbons (Fsp3) is 0.0385. The Hall–Kier alpha value is -2.14. The molecule has 1 amide bonds. The summed E-state index contributed by atoms with van der Waals surface area (Å²) in [5, 5.41) is 2.90. The first-order valence-electron chi connectivity index (χ1n) is 9.83. The number of rotatable bonds is 2. The van der Waals surface area contributed by atoms with E-state index in [0.717, 1.165) is 6.42 Å². The van der Waals surface area contributed by atoms with Crippen molar-refractivity contribution in [3.63, 3.8) is 0 Å². The van der Waals surface area contributed by atoms with E-state index in [1.807, 2.05) is 6.07 Å². The van der Waals surface area contributed by atoms with Crippen LogP contribution in [-0.4, -0.2) is 15.9 Å². The molecule has 0 heterocycles. The second-order valence-electron chi connectivity index (χ2n) is 6.55. The molecule has 0 aromatic heterocycles. The maximum absolute atomic E-state index is 8.47. The molecule has 4 aromatic carbocycles. The first-order valence-corrected chi connectivity index (χ1v) is 15.3. The summed E-state index contributed by atoms with van der Waals surface area (Å²) in [5.74, 6) is 0. The Kier molecular flexibility index (Phi) is 12.8. The number of nitrogens with one attached hydrogen (secondary N) is 1. The average Bonchev–Trinajstić information content (AvgIpc) is 3.21. The van der Waals surface area contributed by atoms with Crippen LogP contribution in [0.1, 0.15) is 11.1 Å². The topological polar surface area (TPSA) is 40.9 Å². The van der Waals surface area contributed by atoms with Gasteiger partial charge in [-0.25, -0.2) is 0 Å². The van der Waals surface area contributed by atoms with Gasteiger partial charge < -0.3 is 10.5 Å². The smallest absolute Gasteiger partial charge is 0.103 e. The van der Waals surface area contributed by atoms with Crippen molar-refractivity contribution in [3.8, 4) is 11.1 Å². The van der Waals surface area contributed by atoms with E-state index in [4.69, 9.17) is 29.1 Å². The van der Waals surface area contributed by atoms with Crippen molar-refractivity contribution in [1.82, 2.24) is 0 Å². The molecule has 1 aliphatic rings. The van der Waals surface area contributed by atoms with Crippen LogP contribution in [0.15, 0.2) is 103 Å². The first kappa shape index (κ1) is 26.1. The van der Waals surface area contributed by atoms with Gasteiger partial charge in [-0.1, -0.05) is 106 Å². The van der Waals surface area contributed by atoms with Gasteiger partial charge in [-0.15, -0.1) is 5.56 Å². The minimum absolute atomic E-state index is 0. The summed E-state index contributed by atoms with van der Waals surface area (Å²) in [4.78, 5) is 8.47. The molecule has 0 saturated carbocycles. The third-order valence-electron chi connectivity index (χ3n) is 4.55. The zero-order chi connectivity index (χ0) is 23.0. The van der Waals surface area contributed by atoms with Gasteiger partial charge in [-0.3, -0.25) is 0 Å². The van der Waals surface area contributed by atoms with E-state index < -0.39 is 17.0 Å². The molecule has 4 aromatic rings. The quantitative estimate of drug-likeness (QED) is 0.170. The van der Waals surface area contributed by atoms with E-state index in [2.05, 4.69) is 103 Å². The third kappa shape index (κ3) is 8.78. The molecule has 1 N–H and O–H groups in total. The van der Waals surface area contributed by atoms with E-state index in [9.17, 15) is 0 Å². The zero-order valence-corrected chi connectivity index (χ0v) is 21.6. The van der Waals surface area contributed by atoms with Gasteiger partial charge >= 0.3 is 35.6 Å². The number of carbonyl (C=O) groups excluding carboxylic acids is 1. The minimum Gasteiger partial charge on any atom is -0.671 e. The van der Waals surface area contributed by atoms with Gasteiger partial charge in [0.1, 0.15) is 9.52 Å². The molecule has 32 heavy (non-hydrogen) atoms. The van der Waals surface area contributed by atoms with Crippen LogP contribution in [0, 0.1) is 6.07 Å². The molecule has 0 spiro atoms. The number of hydrogen-bond acceptors (Lipinski definition) is 1.